The highest BCUT2D eigenvalue weighted by molar-refractivity contribution is 6.00. The van der Waals surface area contributed by atoms with Gasteiger partial charge in [-0.1, -0.05) is 24.3 Å². The van der Waals surface area contributed by atoms with Gasteiger partial charge in [0.15, 0.2) is 0 Å². The maximum absolute atomic E-state index is 14.6. The van der Waals surface area contributed by atoms with Crippen LogP contribution in [-0.2, 0) is 4.74 Å². The monoisotopic (exact) mass is 351 g/mol. The van der Waals surface area contributed by atoms with Gasteiger partial charge in [0.1, 0.15) is 17.3 Å². The van der Waals surface area contributed by atoms with Crippen LogP contribution in [-0.4, -0.2) is 25.2 Å². The van der Waals surface area contributed by atoms with Gasteiger partial charge < -0.3 is 9.47 Å². The van der Waals surface area contributed by atoms with Crippen molar-refractivity contribution in [1.82, 2.24) is 4.98 Å². The first-order valence-electron chi connectivity index (χ1n) is 7.97. The lowest BCUT2D eigenvalue weighted by Gasteiger charge is -2.12. The van der Waals surface area contributed by atoms with Gasteiger partial charge in [-0.3, -0.25) is 0 Å². The van der Waals surface area contributed by atoms with Crippen LogP contribution < -0.4 is 4.74 Å². The van der Waals surface area contributed by atoms with Crippen molar-refractivity contribution in [2.45, 2.75) is 6.92 Å². The Hall–Kier alpha value is -3.21. The van der Waals surface area contributed by atoms with Crippen LogP contribution in [0.5, 0.6) is 5.75 Å². The molecule has 0 saturated heterocycles. The molecule has 0 unspecified atom stereocenters. The van der Waals surface area contributed by atoms with Gasteiger partial charge in [-0.2, -0.15) is 0 Å². The van der Waals surface area contributed by atoms with Crippen molar-refractivity contribution in [3.05, 3.63) is 66.1 Å². The fraction of sp³-hybridized carbons (Fsp3) is 0.143. The van der Waals surface area contributed by atoms with E-state index < -0.39 is 11.8 Å². The molecule has 0 saturated carbocycles. The molecule has 2 aromatic carbocycles. The zero-order chi connectivity index (χ0) is 18.8. The van der Waals surface area contributed by atoms with Gasteiger partial charge in [-0.25, -0.2) is 14.2 Å². The molecule has 3 rings (SSSR count). The highest BCUT2D eigenvalue weighted by Gasteiger charge is 2.16. The van der Waals surface area contributed by atoms with E-state index in [0.717, 1.165) is 16.5 Å². The number of nitrogens with zero attached hydrogens (tertiary/aromatic N) is 1. The number of hydrogen-bond acceptors (Lipinski definition) is 4. The minimum Gasteiger partial charge on any atom is -0.497 e. The number of esters is 1. The predicted molar refractivity (Wildman–Crippen MR) is 99.7 cm³/mol. The predicted octanol–water partition coefficient (Wildman–Crippen LogP) is 4.87. The number of benzene rings is 2. The van der Waals surface area contributed by atoms with Crippen molar-refractivity contribution in [3.63, 3.8) is 0 Å². The molecule has 0 aliphatic rings. The van der Waals surface area contributed by atoms with E-state index in [4.69, 9.17) is 9.47 Å². The Labute approximate surface area is 150 Å². The van der Waals surface area contributed by atoms with Gasteiger partial charge >= 0.3 is 5.97 Å². The van der Waals surface area contributed by atoms with Gasteiger partial charge in [0.2, 0.25) is 0 Å². The Bertz CT molecular complexity index is 1030. The van der Waals surface area contributed by atoms with Crippen LogP contribution >= 0.6 is 0 Å². The maximum atomic E-state index is 14.6. The SMILES string of the molecule is C=C(C)c1ccc2c(-c3ccc(OC)cc3F)cc(C(=O)OC)nc2c1. The average Bonchev–Trinajstić information content (AvgIpc) is 2.65. The van der Waals surface area contributed by atoms with Gasteiger partial charge in [-0.05, 0) is 42.3 Å². The molecular formula is C21H18FNO3. The second-order valence-corrected chi connectivity index (χ2v) is 5.90. The number of aromatic nitrogens is 1. The molecule has 5 heteroatoms. The van der Waals surface area contributed by atoms with E-state index in [0.29, 0.717) is 22.4 Å². The molecule has 0 radical (unpaired) electrons. The molecule has 3 aromatic rings. The minimum atomic E-state index is -0.581. The number of ether oxygens (including phenoxy) is 2. The third-order valence-electron chi connectivity index (χ3n) is 4.16. The van der Waals surface area contributed by atoms with Gasteiger partial charge in [0.25, 0.3) is 0 Å². The number of rotatable bonds is 4. The Morgan fingerprint density at radius 2 is 1.85 bits per heavy atom. The number of fused-ring (bicyclic) bond motifs is 1. The van der Waals surface area contributed by atoms with Crippen LogP contribution in [0.1, 0.15) is 23.0 Å². The molecule has 132 valence electrons. The quantitative estimate of drug-likeness (QED) is 0.629. The number of allylic oxidation sites excluding steroid dienone is 1. The van der Waals surface area contributed by atoms with Crippen LogP contribution in [0, 0.1) is 5.82 Å². The Morgan fingerprint density at radius 3 is 2.46 bits per heavy atom. The topological polar surface area (TPSA) is 48.4 Å². The fourth-order valence-corrected chi connectivity index (χ4v) is 2.77. The molecule has 0 amide bonds. The van der Waals surface area contributed by atoms with Crippen molar-refractivity contribution in [1.29, 1.82) is 0 Å². The highest BCUT2D eigenvalue weighted by Crippen LogP contribution is 2.33. The average molecular weight is 351 g/mol. The van der Waals surface area contributed by atoms with Crippen molar-refractivity contribution >= 4 is 22.4 Å². The third-order valence-corrected chi connectivity index (χ3v) is 4.16. The summed E-state index contributed by atoms with van der Waals surface area (Å²) in [6.45, 7) is 5.81. The van der Waals surface area contributed by atoms with Crippen LogP contribution in [0.25, 0.3) is 27.6 Å². The summed E-state index contributed by atoms with van der Waals surface area (Å²) in [5.74, 6) is -0.609. The second kappa shape index (κ2) is 6.96. The number of methoxy groups -OCH3 is 2. The molecule has 0 aliphatic carbocycles. The lowest BCUT2D eigenvalue weighted by atomic mass is 9.97. The smallest absolute Gasteiger partial charge is 0.356 e. The van der Waals surface area contributed by atoms with E-state index in [9.17, 15) is 9.18 Å². The number of carbonyl (C=O) groups is 1. The van der Waals surface area contributed by atoms with Gasteiger partial charge in [-0.15, -0.1) is 0 Å². The zero-order valence-corrected chi connectivity index (χ0v) is 14.8. The molecule has 0 spiro atoms. The standard InChI is InChI=1S/C21H18FNO3/c1-12(2)13-5-7-16-17(15-8-6-14(25-3)10-18(15)22)11-20(21(24)26-4)23-19(16)9-13/h5-11H,1H2,2-4H3. The number of halogens is 1. The van der Waals surface area contributed by atoms with E-state index >= 15 is 0 Å². The highest BCUT2D eigenvalue weighted by atomic mass is 19.1. The molecule has 4 nitrogen and oxygen atoms in total. The van der Waals surface area contributed by atoms with Crippen molar-refractivity contribution in [3.8, 4) is 16.9 Å². The molecule has 0 atom stereocenters. The molecular weight excluding hydrogens is 333 g/mol. The molecule has 0 bridgehead atoms. The second-order valence-electron chi connectivity index (χ2n) is 5.90. The van der Waals surface area contributed by atoms with Crippen LogP contribution in [0.3, 0.4) is 0 Å². The van der Waals surface area contributed by atoms with E-state index in [-0.39, 0.29) is 5.69 Å². The molecule has 1 aromatic heterocycles. The zero-order valence-electron chi connectivity index (χ0n) is 14.8. The van der Waals surface area contributed by atoms with E-state index in [1.807, 2.05) is 25.1 Å². The van der Waals surface area contributed by atoms with E-state index in [2.05, 4.69) is 11.6 Å². The van der Waals surface area contributed by atoms with Gasteiger partial charge in [0.05, 0.1) is 19.7 Å². The largest absolute Gasteiger partial charge is 0.497 e. The molecule has 26 heavy (non-hydrogen) atoms. The van der Waals surface area contributed by atoms with Crippen LogP contribution in [0.4, 0.5) is 4.39 Å². The number of hydrogen-bond donors (Lipinski definition) is 0. The lowest BCUT2D eigenvalue weighted by Crippen LogP contribution is -2.05. The summed E-state index contributed by atoms with van der Waals surface area (Å²) in [7, 11) is 2.76. The normalized spacial score (nSPS) is 10.6. The summed E-state index contributed by atoms with van der Waals surface area (Å²) in [6.07, 6.45) is 0. The first-order chi connectivity index (χ1) is 12.4. The first kappa shape index (κ1) is 17.6. The van der Waals surface area contributed by atoms with Crippen LogP contribution in [0.15, 0.2) is 49.0 Å². The summed E-state index contributed by atoms with van der Waals surface area (Å²) in [6, 6.07) is 11.7. The molecule has 0 fully saturated rings. The summed E-state index contributed by atoms with van der Waals surface area (Å²) in [4.78, 5) is 16.4. The first-order valence-corrected chi connectivity index (χ1v) is 7.97. The van der Waals surface area contributed by atoms with Gasteiger partial charge in [0, 0.05) is 17.0 Å². The van der Waals surface area contributed by atoms with Crippen molar-refractivity contribution in [2.24, 2.45) is 0 Å². The molecule has 1 heterocycles. The summed E-state index contributed by atoms with van der Waals surface area (Å²) < 4.78 is 24.5. The lowest BCUT2D eigenvalue weighted by molar-refractivity contribution is 0.0594. The van der Waals surface area contributed by atoms with Crippen molar-refractivity contribution < 1.29 is 18.7 Å². The van der Waals surface area contributed by atoms with Crippen molar-refractivity contribution in [2.75, 3.05) is 14.2 Å². The Morgan fingerprint density at radius 1 is 1.08 bits per heavy atom. The maximum Gasteiger partial charge on any atom is 0.356 e. The van der Waals surface area contributed by atoms with Crippen LogP contribution in [0.2, 0.25) is 0 Å². The van der Waals surface area contributed by atoms with E-state index in [1.165, 1.54) is 20.3 Å². The number of carbonyl (C=O) groups excluding carboxylic acids is 1. The molecule has 0 aliphatic heterocycles. The summed E-state index contributed by atoms with van der Waals surface area (Å²) in [5, 5.41) is 0.728. The summed E-state index contributed by atoms with van der Waals surface area (Å²) >= 11 is 0. The molecule has 0 N–H and O–H groups in total. The Balaban J connectivity index is 2.32. The third kappa shape index (κ3) is 3.16. The van der Waals surface area contributed by atoms with E-state index in [1.54, 1.807) is 18.2 Å². The Kier molecular flexibility index (Phi) is 4.71. The number of pyridine rings is 1. The fourth-order valence-electron chi connectivity index (χ4n) is 2.77. The summed E-state index contributed by atoms with van der Waals surface area (Å²) in [5.41, 5.74) is 3.36. The minimum absolute atomic E-state index is 0.115.